The summed E-state index contributed by atoms with van der Waals surface area (Å²) in [5.74, 6) is 0.613. The molecule has 34 heavy (non-hydrogen) atoms. The fourth-order valence-corrected chi connectivity index (χ4v) is 4.78. The Balaban J connectivity index is 1.18. The van der Waals surface area contributed by atoms with Gasteiger partial charge in [0.1, 0.15) is 0 Å². The summed E-state index contributed by atoms with van der Waals surface area (Å²) in [5.41, 5.74) is 0.799. The minimum atomic E-state index is -0.112. The van der Waals surface area contributed by atoms with Crippen LogP contribution in [0.25, 0.3) is 6.08 Å². The van der Waals surface area contributed by atoms with Gasteiger partial charge in [0, 0.05) is 70.8 Å². The van der Waals surface area contributed by atoms with Gasteiger partial charge in [0.2, 0.25) is 17.7 Å². The summed E-state index contributed by atoms with van der Waals surface area (Å²) in [5, 5.41) is 0.920. The lowest BCUT2D eigenvalue weighted by molar-refractivity contribution is -0.134. The molecule has 1 saturated carbocycles. The Bertz CT molecular complexity index is 942. The van der Waals surface area contributed by atoms with Crippen LogP contribution in [0, 0.1) is 5.92 Å². The van der Waals surface area contributed by atoms with Crippen LogP contribution in [0.2, 0.25) is 10.0 Å². The Morgan fingerprint density at radius 2 is 1.65 bits per heavy atom. The van der Waals surface area contributed by atoms with Gasteiger partial charge in [-0.1, -0.05) is 29.3 Å². The molecule has 1 aromatic rings. The topological polar surface area (TPSA) is 64.2 Å². The van der Waals surface area contributed by atoms with Crippen molar-refractivity contribution in [2.75, 3.05) is 58.9 Å². The molecule has 4 rings (SSSR count). The normalized spacial score (nSPS) is 20.2. The van der Waals surface area contributed by atoms with E-state index >= 15 is 0 Å². The number of halogens is 2. The van der Waals surface area contributed by atoms with Gasteiger partial charge in [-0.05, 0) is 49.6 Å². The summed E-state index contributed by atoms with van der Waals surface area (Å²) in [4.78, 5) is 45.4. The van der Waals surface area contributed by atoms with Crippen LogP contribution in [0.1, 0.15) is 31.2 Å². The highest BCUT2D eigenvalue weighted by Crippen LogP contribution is 2.31. The lowest BCUT2D eigenvalue weighted by atomic mass is 10.2. The first-order valence-corrected chi connectivity index (χ1v) is 12.9. The minimum Gasteiger partial charge on any atom is -0.341 e. The molecule has 0 atom stereocenters. The Hall–Kier alpha value is -2.09. The maximum Gasteiger partial charge on any atom is 0.246 e. The fourth-order valence-electron chi connectivity index (χ4n) is 4.48. The third kappa shape index (κ3) is 6.74. The highest BCUT2D eigenvalue weighted by molar-refractivity contribution is 6.42. The zero-order valence-electron chi connectivity index (χ0n) is 19.4. The molecule has 3 aliphatic rings. The molecule has 3 fully saturated rings. The fraction of sp³-hybridized carbons (Fsp3) is 0.560. The van der Waals surface area contributed by atoms with E-state index in [2.05, 4.69) is 4.90 Å². The third-order valence-corrected chi connectivity index (χ3v) is 7.51. The SMILES string of the molecule is O=C(C=Cc1ccc(Cl)c(Cl)c1)N1CCC(=O)N(CCCN2CCN(C(=O)C3CC3)CC2)CC1. The third-order valence-electron chi connectivity index (χ3n) is 6.77. The zero-order chi connectivity index (χ0) is 24.1. The summed E-state index contributed by atoms with van der Waals surface area (Å²) < 4.78 is 0. The lowest BCUT2D eigenvalue weighted by Gasteiger charge is -2.35. The van der Waals surface area contributed by atoms with E-state index in [0.717, 1.165) is 57.5 Å². The van der Waals surface area contributed by atoms with Gasteiger partial charge < -0.3 is 14.7 Å². The van der Waals surface area contributed by atoms with E-state index in [1.54, 1.807) is 29.2 Å². The smallest absolute Gasteiger partial charge is 0.246 e. The van der Waals surface area contributed by atoms with E-state index in [1.165, 1.54) is 6.08 Å². The molecule has 0 radical (unpaired) electrons. The van der Waals surface area contributed by atoms with Crippen LogP contribution in [0.15, 0.2) is 24.3 Å². The maximum absolute atomic E-state index is 12.6. The van der Waals surface area contributed by atoms with Crippen LogP contribution < -0.4 is 0 Å². The highest BCUT2D eigenvalue weighted by atomic mass is 35.5. The first kappa shape index (κ1) is 25.0. The van der Waals surface area contributed by atoms with Gasteiger partial charge in [0.05, 0.1) is 10.0 Å². The Labute approximate surface area is 211 Å². The second-order valence-electron chi connectivity index (χ2n) is 9.26. The predicted octanol–water partition coefficient (Wildman–Crippen LogP) is 3.01. The summed E-state index contributed by atoms with van der Waals surface area (Å²) in [6.07, 6.45) is 6.58. The van der Waals surface area contributed by atoms with E-state index in [-0.39, 0.29) is 11.8 Å². The average Bonchev–Trinajstić information content (AvgIpc) is 3.69. The van der Waals surface area contributed by atoms with Crippen molar-refractivity contribution in [2.45, 2.75) is 25.7 Å². The molecular formula is C25H32Cl2N4O3. The molecule has 3 amide bonds. The molecule has 1 aromatic carbocycles. The van der Waals surface area contributed by atoms with Crippen molar-refractivity contribution in [3.05, 3.63) is 39.9 Å². The molecule has 0 unspecified atom stereocenters. The molecule has 9 heteroatoms. The molecule has 0 N–H and O–H groups in total. The number of rotatable bonds is 7. The van der Waals surface area contributed by atoms with Gasteiger partial charge in [-0.15, -0.1) is 0 Å². The molecule has 1 aliphatic carbocycles. The summed E-state index contributed by atoms with van der Waals surface area (Å²) in [7, 11) is 0. The van der Waals surface area contributed by atoms with Crippen LogP contribution in [-0.4, -0.2) is 96.2 Å². The van der Waals surface area contributed by atoms with Crippen LogP contribution >= 0.6 is 23.2 Å². The molecule has 2 aliphatic heterocycles. The number of nitrogens with zero attached hydrogens (tertiary/aromatic N) is 4. The Morgan fingerprint density at radius 1 is 0.912 bits per heavy atom. The molecule has 7 nitrogen and oxygen atoms in total. The van der Waals surface area contributed by atoms with Crippen molar-refractivity contribution in [3.8, 4) is 0 Å². The molecule has 0 aromatic heterocycles. The standard InChI is InChI=1S/C25H32Cl2N4O3/c26-21-6-2-19(18-22(21)27)3-7-23(32)30-11-8-24(33)29(16-17-30)10-1-9-28-12-14-31(15-13-28)25(34)20-4-5-20/h2-3,6-7,18,20H,1,4-5,8-17H2. The molecule has 0 bridgehead atoms. The monoisotopic (exact) mass is 506 g/mol. The first-order chi connectivity index (χ1) is 16.4. The van der Waals surface area contributed by atoms with Crippen molar-refractivity contribution in [3.63, 3.8) is 0 Å². The van der Waals surface area contributed by atoms with E-state index in [0.29, 0.717) is 54.5 Å². The number of piperazine rings is 1. The van der Waals surface area contributed by atoms with Crippen molar-refractivity contribution >= 4 is 47.0 Å². The van der Waals surface area contributed by atoms with E-state index in [4.69, 9.17) is 23.2 Å². The van der Waals surface area contributed by atoms with Gasteiger partial charge in [-0.3, -0.25) is 19.3 Å². The average molecular weight is 507 g/mol. The van der Waals surface area contributed by atoms with Gasteiger partial charge in [0.25, 0.3) is 0 Å². The van der Waals surface area contributed by atoms with E-state index in [1.807, 2.05) is 9.80 Å². The van der Waals surface area contributed by atoms with E-state index < -0.39 is 0 Å². The molecule has 0 spiro atoms. The van der Waals surface area contributed by atoms with Gasteiger partial charge in [-0.2, -0.15) is 0 Å². The summed E-state index contributed by atoms with van der Waals surface area (Å²) in [6, 6.07) is 5.22. The van der Waals surface area contributed by atoms with Gasteiger partial charge >= 0.3 is 0 Å². The molecule has 2 heterocycles. The number of hydrogen-bond donors (Lipinski definition) is 0. The van der Waals surface area contributed by atoms with Crippen molar-refractivity contribution in [1.29, 1.82) is 0 Å². The van der Waals surface area contributed by atoms with Crippen LogP contribution in [0.3, 0.4) is 0 Å². The molecular weight excluding hydrogens is 475 g/mol. The van der Waals surface area contributed by atoms with Crippen LogP contribution in [-0.2, 0) is 14.4 Å². The number of carbonyl (C=O) groups is 3. The predicted molar refractivity (Wildman–Crippen MR) is 134 cm³/mol. The highest BCUT2D eigenvalue weighted by Gasteiger charge is 2.34. The largest absolute Gasteiger partial charge is 0.341 e. The Kier molecular flexibility index (Phi) is 8.51. The maximum atomic E-state index is 12.6. The van der Waals surface area contributed by atoms with Gasteiger partial charge in [0.15, 0.2) is 0 Å². The number of benzene rings is 1. The van der Waals surface area contributed by atoms with Crippen molar-refractivity contribution in [2.24, 2.45) is 5.92 Å². The minimum absolute atomic E-state index is 0.101. The van der Waals surface area contributed by atoms with Crippen LogP contribution in [0.4, 0.5) is 0 Å². The Morgan fingerprint density at radius 3 is 2.35 bits per heavy atom. The summed E-state index contributed by atoms with van der Waals surface area (Å²) in [6.45, 7) is 6.55. The van der Waals surface area contributed by atoms with Crippen molar-refractivity contribution in [1.82, 2.24) is 19.6 Å². The molecule has 2 saturated heterocycles. The van der Waals surface area contributed by atoms with E-state index in [9.17, 15) is 14.4 Å². The number of hydrogen-bond acceptors (Lipinski definition) is 4. The van der Waals surface area contributed by atoms with Crippen LogP contribution in [0.5, 0.6) is 0 Å². The number of carbonyl (C=O) groups excluding carboxylic acids is 3. The van der Waals surface area contributed by atoms with Crippen molar-refractivity contribution < 1.29 is 14.4 Å². The lowest BCUT2D eigenvalue weighted by Crippen LogP contribution is -2.49. The first-order valence-electron chi connectivity index (χ1n) is 12.1. The second kappa shape index (κ2) is 11.6. The molecule has 184 valence electrons. The quantitative estimate of drug-likeness (QED) is 0.533. The summed E-state index contributed by atoms with van der Waals surface area (Å²) >= 11 is 12.0. The second-order valence-corrected chi connectivity index (χ2v) is 10.1. The zero-order valence-corrected chi connectivity index (χ0v) is 20.9. The number of amides is 3. The van der Waals surface area contributed by atoms with Gasteiger partial charge in [-0.25, -0.2) is 0 Å².